The lowest BCUT2D eigenvalue weighted by Gasteiger charge is -2.36. The number of methoxy groups -OCH3 is 1. The normalized spacial score (nSPS) is 19.4. The Morgan fingerprint density at radius 1 is 1.55 bits per heavy atom. The molecule has 0 aliphatic carbocycles. The Labute approximate surface area is 137 Å². The van der Waals surface area contributed by atoms with E-state index < -0.39 is 0 Å². The molecule has 1 atom stereocenters. The Hall–Kier alpha value is -1.43. The van der Waals surface area contributed by atoms with Gasteiger partial charge in [0.15, 0.2) is 5.96 Å². The van der Waals surface area contributed by atoms with Crippen molar-refractivity contribution in [3.8, 4) is 5.88 Å². The Morgan fingerprint density at radius 2 is 2.36 bits per heavy atom. The van der Waals surface area contributed by atoms with Crippen LogP contribution in [0.2, 0.25) is 0 Å². The summed E-state index contributed by atoms with van der Waals surface area (Å²) in [5.41, 5.74) is 1.12. The van der Waals surface area contributed by atoms with Crippen LogP contribution in [0.3, 0.4) is 0 Å². The van der Waals surface area contributed by atoms with E-state index in [-0.39, 0.29) is 0 Å². The summed E-state index contributed by atoms with van der Waals surface area (Å²) in [5, 5.41) is 4.11. The van der Waals surface area contributed by atoms with Crippen molar-refractivity contribution < 1.29 is 4.74 Å². The number of ether oxygens (including phenoxy) is 1. The smallest absolute Gasteiger partial charge is 0.212 e. The van der Waals surface area contributed by atoms with Gasteiger partial charge >= 0.3 is 0 Å². The molecule has 1 aliphatic heterocycles. The average molecular weight is 322 g/mol. The van der Waals surface area contributed by atoms with Crippen molar-refractivity contribution in [2.24, 2.45) is 10.9 Å². The summed E-state index contributed by atoms with van der Waals surface area (Å²) in [4.78, 5) is 11.0. The van der Waals surface area contributed by atoms with Gasteiger partial charge in [0, 0.05) is 49.9 Å². The molecule has 1 aromatic heterocycles. The molecule has 122 valence electrons. The summed E-state index contributed by atoms with van der Waals surface area (Å²) < 4.78 is 5.08. The number of rotatable bonds is 4. The van der Waals surface area contributed by atoms with E-state index in [2.05, 4.69) is 45.8 Å². The molecule has 22 heavy (non-hydrogen) atoms. The predicted molar refractivity (Wildman–Crippen MR) is 93.6 cm³/mol. The molecular weight excluding hydrogens is 296 g/mol. The molecule has 0 amide bonds. The van der Waals surface area contributed by atoms with Crippen LogP contribution in [0, 0.1) is 5.92 Å². The van der Waals surface area contributed by atoms with E-state index in [1.54, 1.807) is 7.11 Å². The molecule has 0 spiro atoms. The van der Waals surface area contributed by atoms with Gasteiger partial charge < -0.3 is 15.0 Å². The molecule has 1 N–H and O–H groups in total. The number of hydrogen-bond acceptors (Lipinski definition) is 4. The zero-order chi connectivity index (χ0) is 15.9. The maximum Gasteiger partial charge on any atom is 0.212 e. The largest absolute Gasteiger partial charge is 0.481 e. The van der Waals surface area contributed by atoms with E-state index in [0.717, 1.165) is 36.9 Å². The fourth-order valence-electron chi connectivity index (χ4n) is 2.42. The Morgan fingerprint density at radius 3 is 2.95 bits per heavy atom. The summed E-state index contributed by atoms with van der Waals surface area (Å²) in [5.74, 6) is 3.47. The lowest BCUT2D eigenvalue weighted by atomic mass is 10.1. The third-order valence-electron chi connectivity index (χ3n) is 3.81. The molecule has 1 unspecified atom stereocenters. The van der Waals surface area contributed by atoms with Gasteiger partial charge in [-0.15, -0.1) is 0 Å². The molecule has 2 rings (SSSR count). The fourth-order valence-corrected chi connectivity index (χ4v) is 3.72. The van der Waals surface area contributed by atoms with E-state index >= 15 is 0 Å². The van der Waals surface area contributed by atoms with Crippen LogP contribution in [0.1, 0.15) is 19.4 Å². The minimum Gasteiger partial charge on any atom is -0.481 e. The first kappa shape index (κ1) is 16.9. The average Bonchev–Trinajstić information content (AvgIpc) is 2.56. The van der Waals surface area contributed by atoms with Gasteiger partial charge in [-0.25, -0.2) is 4.98 Å². The molecule has 0 bridgehead atoms. The molecule has 1 saturated heterocycles. The number of hydrogen-bond donors (Lipinski definition) is 1. The van der Waals surface area contributed by atoms with Crippen LogP contribution in [0.4, 0.5) is 0 Å². The quantitative estimate of drug-likeness (QED) is 0.680. The number of aliphatic imine (C=N–C) groups is 1. The van der Waals surface area contributed by atoms with E-state index in [1.165, 1.54) is 0 Å². The van der Waals surface area contributed by atoms with Crippen LogP contribution in [-0.2, 0) is 6.54 Å². The summed E-state index contributed by atoms with van der Waals surface area (Å²) in [6, 6.07) is 3.90. The molecule has 1 aliphatic rings. The van der Waals surface area contributed by atoms with Gasteiger partial charge in [0.1, 0.15) is 0 Å². The lowest BCUT2D eigenvalue weighted by molar-refractivity contribution is 0.380. The zero-order valence-electron chi connectivity index (χ0n) is 13.9. The molecular formula is C16H26N4OS. The second-order valence-electron chi connectivity index (χ2n) is 5.71. The second kappa shape index (κ2) is 8.27. The number of guanidine groups is 1. The van der Waals surface area contributed by atoms with E-state index in [4.69, 9.17) is 4.74 Å². The molecule has 6 heteroatoms. The van der Waals surface area contributed by atoms with Crippen LogP contribution < -0.4 is 10.1 Å². The minimum absolute atomic E-state index is 0.640. The van der Waals surface area contributed by atoms with Crippen LogP contribution in [0.5, 0.6) is 5.88 Å². The SMILES string of the molecule is CN=C(NCc1ccc(OC)nc1)N1CCSC(C(C)C)C1. The lowest BCUT2D eigenvalue weighted by Crippen LogP contribution is -2.48. The van der Waals surface area contributed by atoms with Crippen molar-refractivity contribution in [1.82, 2.24) is 15.2 Å². The Bertz CT molecular complexity index is 489. The maximum atomic E-state index is 5.08. The van der Waals surface area contributed by atoms with Gasteiger partial charge in [-0.05, 0) is 11.5 Å². The summed E-state index contributed by atoms with van der Waals surface area (Å²) in [7, 11) is 3.47. The number of pyridine rings is 1. The molecule has 5 nitrogen and oxygen atoms in total. The second-order valence-corrected chi connectivity index (χ2v) is 7.06. The highest BCUT2D eigenvalue weighted by molar-refractivity contribution is 8.00. The molecule has 1 fully saturated rings. The highest BCUT2D eigenvalue weighted by atomic mass is 32.2. The number of nitrogens with zero attached hydrogens (tertiary/aromatic N) is 3. The van der Waals surface area contributed by atoms with E-state index in [0.29, 0.717) is 17.0 Å². The van der Waals surface area contributed by atoms with Crippen molar-refractivity contribution >= 4 is 17.7 Å². The van der Waals surface area contributed by atoms with Gasteiger partial charge in [-0.3, -0.25) is 4.99 Å². The van der Waals surface area contributed by atoms with Crippen LogP contribution >= 0.6 is 11.8 Å². The van der Waals surface area contributed by atoms with Gasteiger partial charge in [-0.1, -0.05) is 19.9 Å². The van der Waals surface area contributed by atoms with E-state index in [9.17, 15) is 0 Å². The Kier molecular flexibility index (Phi) is 6.36. The summed E-state index contributed by atoms with van der Waals surface area (Å²) >= 11 is 2.07. The van der Waals surface area contributed by atoms with E-state index in [1.807, 2.05) is 25.4 Å². The fraction of sp³-hybridized carbons (Fsp3) is 0.625. The Balaban J connectivity index is 1.91. The number of nitrogens with one attached hydrogen (secondary N) is 1. The predicted octanol–water partition coefficient (Wildman–Crippen LogP) is 2.24. The first-order valence-corrected chi connectivity index (χ1v) is 8.75. The molecule has 0 saturated carbocycles. The summed E-state index contributed by atoms with van der Waals surface area (Å²) in [6.07, 6.45) is 1.84. The zero-order valence-corrected chi connectivity index (χ0v) is 14.7. The molecule has 1 aromatic rings. The highest BCUT2D eigenvalue weighted by Crippen LogP contribution is 2.24. The minimum atomic E-state index is 0.640. The van der Waals surface area contributed by atoms with Crippen molar-refractivity contribution in [3.63, 3.8) is 0 Å². The van der Waals surface area contributed by atoms with Crippen LogP contribution in [0.25, 0.3) is 0 Å². The van der Waals surface area contributed by atoms with Crippen molar-refractivity contribution in [1.29, 1.82) is 0 Å². The summed E-state index contributed by atoms with van der Waals surface area (Å²) in [6.45, 7) is 7.41. The number of thioether (sulfide) groups is 1. The topological polar surface area (TPSA) is 49.8 Å². The first-order chi connectivity index (χ1) is 10.6. The van der Waals surface area contributed by atoms with Crippen molar-refractivity contribution in [3.05, 3.63) is 23.9 Å². The van der Waals surface area contributed by atoms with Crippen LogP contribution in [0.15, 0.2) is 23.3 Å². The first-order valence-electron chi connectivity index (χ1n) is 7.70. The standard InChI is InChI=1S/C16H26N4OS/c1-12(2)14-11-20(7-8-22-14)16(17-3)19-10-13-5-6-15(21-4)18-9-13/h5-6,9,12,14H,7-8,10-11H2,1-4H3,(H,17,19). The van der Waals surface area contributed by atoms with Gasteiger partial charge in [0.2, 0.25) is 5.88 Å². The third kappa shape index (κ3) is 4.53. The van der Waals surface area contributed by atoms with Crippen LogP contribution in [-0.4, -0.2) is 54.1 Å². The molecule has 0 aromatic carbocycles. The van der Waals surface area contributed by atoms with Crippen molar-refractivity contribution in [2.75, 3.05) is 33.0 Å². The van der Waals surface area contributed by atoms with Crippen molar-refractivity contribution in [2.45, 2.75) is 25.6 Å². The highest BCUT2D eigenvalue weighted by Gasteiger charge is 2.24. The third-order valence-corrected chi connectivity index (χ3v) is 5.35. The molecule has 0 radical (unpaired) electrons. The van der Waals surface area contributed by atoms with Gasteiger partial charge in [0.05, 0.1) is 7.11 Å². The monoisotopic (exact) mass is 322 g/mol. The molecule has 2 heterocycles. The van der Waals surface area contributed by atoms with Gasteiger partial charge in [0.25, 0.3) is 0 Å². The van der Waals surface area contributed by atoms with Gasteiger partial charge in [-0.2, -0.15) is 11.8 Å². The maximum absolute atomic E-state index is 5.08. The number of aromatic nitrogens is 1.